The zero-order chi connectivity index (χ0) is 18.1. The number of rotatable bonds is 6. The lowest BCUT2D eigenvalue weighted by atomic mass is 10.0. The van der Waals surface area contributed by atoms with E-state index < -0.39 is 9.84 Å². The fourth-order valence-electron chi connectivity index (χ4n) is 3.37. The number of nitrogens with zero attached hydrogens (tertiary/aromatic N) is 2. The van der Waals surface area contributed by atoms with E-state index >= 15 is 0 Å². The van der Waals surface area contributed by atoms with E-state index in [1.165, 1.54) is 0 Å². The minimum absolute atomic E-state index is 0.0265. The Labute approximate surface area is 144 Å². The van der Waals surface area contributed by atoms with Gasteiger partial charge in [-0.2, -0.15) is 0 Å². The summed E-state index contributed by atoms with van der Waals surface area (Å²) in [6.07, 6.45) is 1.38. The van der Waals surface area contributed by atoms with Crippen LogP contribution in [0.3, 0.4) is 0 Å². The third kappa shape index (κ3) is 4.47. The number of carbonyl (C=O) groups is 2. The molecule has 2 saturated heterocycles. The fraction of sp³-hybridized carbons (Fsp3) is 0.875. The second-order valence-corrected chi connectivity index (χ2v) is 9.69. The van der Waals surface area contributed by atoms with E-state index in [1.807, 2.05) is 0 Å². The van der Waals surface area contributed by atoms with Gasteiger partial charge in [0.15, 0.2) is 9.84 Å². The zero-order valence-electron chi connectivity index (χ0n) is 14.8. The molecule has 2 heterocycles. The minimum atomic E-state index is -3.04. The lowest BCUT2D eigenvalue weighted by molar-refractivity contribution is -0.134. The Morgan fingerprint density at radius 1 is 1.42 bits per heavy atom. The highest BCUT2D eigenvalue weighted by atomic mass is 32.2. The van der Waals surface area contributed by atoms with Crippen molar-refractivity contribution in [3.63, 3.8) is 0 Å². The van der Waals surface area contributed by atoms with Gasteiger partial charge < -0.3 is 15.5 Å². The van der Waals surface area contributed by atoms with Gasteiger partial charge in [0.2, 0.25) is 11.8 Å². The number of likely N-dealkylation sites (tertiary alicyclic amines) is 1. The average molecular weight is 359 g/mol. The lowest BCUT2D eigenvalue weighted by Crippen LogP contribution is -2.40. The van der Waals surface area contributed by atoms with Crippen molar-refractivity contribution in [1.82, 2.24) is 9.80 Å². The van der Waals surface area contributed by atoms with Crippen LogP contribution in [0.2, 0.25) is 0 Å². The van der Waals surface area contributed by atoms with Crippen molar-refractivity contribution >= 4 is 21.7 Å². The molecule has 0 aromatic carbocycles. The van der Waals surface area contributed by atoms with Gasteiger partial charge >= 0.3 is 0 Å². The Morgan fingerprint density at radius 2 is 2.08 bits per heavy atom. The van der Waals surface area contributed by atoms with Crippen molar-refractivity contribution in [3.05, 3.63) is 0 Å². The molecule has 0 spiro atoms. The van der Waals surface area contributed by atoms with E-state index in [1.54, 1.807) is 16.8 Å². The summed E-state index contributed by atoms with van der Waals surface area (Å²) in [5, 5.41) is 0. The predicted molar refractivity (Wildman–Crippen MR) is 91.9 cm³/mol. The zero-order valence-corrected chi connectivity index (χ0v) is 15.6. The van der Waals surface area contributed by atoms with E-state index in [-0.39, 0.29) is 47.7 Å². The summed E-state index contributed by atoms with van der Waals surface area (Å²) >= 11 is 0. The maximum Gasteiger partial charge on any atom is 0.227 e. The minimum Gasteiger partial charge on any atom is -0.345 e. The first-order valence-electron chi connectivity index (χ1n) is 8.61. The highest BCUT2D eigenvalue weighted by Gasteiger charge is 2.42. The van der Waals surface area contributed by atoms with Gasteiger partial charge in [0.25, 0.3) is 0 Å². The maximum absolute atomic E-state index is 12.5. The van der Waals surface area contributed by atoms with Crippen molar-refractivity contribution in [2.24, 2.45) is 17.6 Å². The number of nitrogens with two attached hydrogens (primary N) is 1. The van der Waals surface area contributed by atoms with Crippen LogP contribution < -0.4 is 5.73 Å². The largest absolute Gasteiger partial charge is 0.345 e. The summed E-state index contributed by atoms with van der Waals surface area (Å²) in [7, 11) is -1.30. The van der Waals surface area contributed by atoms with E-state index in [0.29, 0.717) is 25.4 Å². The van der Waals surface area contributed by atoms with E-state index in [2.05, 4.69) is 13.8 Å². The second kappa shape index (κ2) is 7.39. The van der Waals surface area contributed by atoms with E-state index in [0.717, 1.165) is 6.42 Å². The van der Waals surface area contributed by atoms with Gasteiger partial charge in [-0.15, -0.1) is 0 Å². The summed E-state index contributed by atoms with van der Waals surface area (Å²) in [4.78, 5) is 28.0. The summed E-state index contributed by atoms with van der Waals surface area (Å²) in [5.74, 6) is -0.0148. The molecule has 0 aliphatic carbocycles. The number of hydrogen-bond acceptors (Lipinski definition) is 5. The van der Waals surface area contributed by atoms with Crippen LogP contribution in [0, 0.1) is 11.8 Å². The van der Waals surface area contributed by atoms with Crippen LogP contribution in [0.1, 0.15) is 33.1 Å². The predicted octanol–water partition coefficient (Wildman–Crippen LogP) is -0.146. The van der Waals surface area contributed by atoms with Gasteiger partial charge in [-0.1, -0.05) is 13.8 Å². The van der Waals surface area contributed by atoms with Gasteiger partial charge in [-0.05, 0) is 18.8 Å². The van der Waals surface area contributed by atoms with Crippen LogP contribution in [0.25, 0.3) is 0 Å². The molecule has 2 amide bonds. The number of sulfone groups is 1. The van der Waals surface area contributed by atoms with Crippen molar-refractivity contribution in [1.29, 1.82) is 0 Å². The smallest absolute Gasteiger partial charge is 0.227 e. The highest BCUT2D eigenvalue weighted by molar-refractivity contribution is 7.91. The molecule has 24 heavy (non-hydrogen) atoms. The van der Waals surface area contributed by atoms with E-state index in [4.69, 9.17) is 5.73 Å². The molecule has 2 fully saturated rings. The van der Waals surface area contributed by atoms with Crippen LogP contribution in [-0.2, 0) is 19.4 Å². The molecule has 8 heteroatoms. The Morgan fingerprint density at radius 3 is 2.62 bits per heavy atom. The molecule has 3 atom stereocenters. The molecule has 0 saturated carbocycles. The van der Waals surface area contributed by atoms with Gasteiger partial charge in [-0.3, -0.25) is 9.59 Å². The molecule has 2 aliphatic heterocycles. The van der Waals surface area contributed by atoms with Gasteiger partial charge in [0.05, 0.1) is 17.4 Å². The molecule has 7 nitrogen and oxygen atoms in total. The standard InChI is InChI=1S/C16H29N3O4S/c1-11(2)14(17)4-6-18(3)16(21)12-8-15(20)19(9-12)13-5-7-24(22,23)10-13/h11-14H,4-10,17H2,1-3H3. The Kier molecular flexibility index (Phi) is 5.91. The summed E-state index contributed by atoms with van der Waals surface area (Å²) in [5.41, 5.74) is 6.01. The van der Waals surface area contributed by atoms with Crippen LogP contribution >= 0.6 is 0 Å². The number of hydrogen-bond donors (Lipinski definition) is 1. The Bertz CT molecular complexity index is 590. The first-order valence-corrected chi connectivity index (χ1v) is 10.4. The van der Waals surface area contributed by atoms with Crippen molar-refractivity contribution in [2.45, 2.75) is 45.2 Å². The molecule has 2 rings (SSSR count). The first-order chi connectivity index (χ1) is 11.1. The molecular formula is C16H29N3O4S. The number of amides is 2. The van der Waals surface area contributed by atoms with Gasteiger partial charge in [0.1, 0.15) is 0 Å². The summed E-state index contributed by atoms with van der Waals surface area (Å²) in [6.45, 7) is 5.00. The molecule has 2 aliphatic rings. The van der Waals surface area contributed by atoms with E-state index in [9.17, 15) is 18.0 Å². The summed E-state index contributed by atoms with van der Waals surface area (Å²) < 4.78 is 23.2. The second-order valence-electron chi connectivity index (χ2n) is 7.46. The third-order valence-corrected chi connectivity index (χ3v) is 6.94. The Balaban J connectivity index is 1.89. The lowest BCUT2D eigenvalue weighted by Gasteiger charge is -2.25. The van der Waals surface area contributed by atoms with Gasteiger partial charge in [-0.25, -0.2) is 8.42 Å². The van der Waals surface area contributed by atoms with Crippen LogP contribution in [-0.4, -0.2) is 73.8 Å². The molecule has 0 aromatic rings. The van der Waals surface area contributed by atoms with Crippen molar-refractivity contribution in [2.75, 3.05) is 31.6 Å². The third-order valence-electron chi connectivity index (χ3n) is 5.19. The average Bonchev–Trinajstić information content (AvgIpc) is 3.05. The normalized spacial score (nSPS) is 27.7. The molecular weight excluding hydrogens is 330 g/mol. The molecule has 0 bridgehead atoms. The van der Waals surface area contributed by atoms with Crippen LogP contribution in [0.5, 0.6) is 0 Å². The highest BCUT2D eigenvalue weighted by Crippen LogP contribution is 2.27. The first kappa shape index (κ1) is 19.2. The topological polar surface area (TPSA) is 101 Å². The molecule has 138 valence electrons. The van der Waals surface area contributed by atoms with Crippen LogP contribution in [0.15, 0.2) is 0 Å². The summed E-state index contributed by atoms with van der Waals surface area (Å²) in [6, 6.07) is -0.217. The maximum atomic E-state index is 12.5. The SMILES string of the molecule is CC(C)C(N)CCN(C)C(=O)C1CC(=O)N(C2CCS(=O)(=O)C2)C1. The van der Waals surface area contributed by atoms with Crippen molar-refractivity contribution < 1.29 is 18.0 Å². The number of carbonyl (C=O) groups excluding carboxylic acids is 2. The molecule has 0 radical (unpaired) electrons. The molecule has 2 N–H and O–H groups in total. The van der Waals surface area contributed by atoms with Crippen molar-refractivity contribution in [3.8, 4) is 0 Å². The molecule has 3 unspecified atom stereocenters. The molecule has 0 aromatic heterocycles. The van der Waals surface area contributed by atoms with Gasteiger partial charge in [0, 0.05) is 38.6 Å². The monoisotopic (exact) mass is 359 g/mol. The fourth-order valence-corrected chi connectivity index (χ4v) is 5.10. The Hall–Kier alpha value is -1.15. The van der Waals surface area contributed by atoms with Crippen LogP contribution in [0.4, 0.5) is 0 Å². The quantitative estimate of drug-likeness (QED) is 0.711.